The fourth-order valence-corrected chi connectivity index (χ4v) is 4.82. The average Bonchev–Trinajstić information content (AvgIpc) is 2.87. The number of nitrogen functional groups attached to an aromatic ring is 1. The van der Waals surface area contributed by atoms with E-state index in [0.717, 1.165) is 29.9 Å². The summed E-state index contributed by atoms with van der Waals surface area (Å²) in [6.07, 6.45) is 2.71. The number of nitrogens with two attached hydrogens (primary N) is 2. The zero-order valence-electron chi connectivity index (χ0n) is 19.7. The molecule has 3 atom stereocenters. The highest BCUT2D eigenvalue weighted by molar-refractivity contribution is 6.09. The van der Waals surface area contributed by atoms with E-state index in [9.17, 15) is 9.90 Å². The van der Waals surface area contributed by atoms with Gasteiger partial charge in [0.15, 0.2) is 5.69 Å². The molecule has 0 unspecified atom stereocenters. The number of aromatic nitrogens is 2. The number of aliphatic hydroxyl groups is 1. The van der Waals surface area contributed by atoms with Gasteiger partial charge in [0.1, 0.15) is 0 Å². The highest BCUT2D eigenvalue weighted by Gasteiger charge is 2.32. The van der Waals surface area contributed by atoms with Crippen molar-refractivity contribution in [3.05, 3.63) is 48.4 Å². The molecule has 0 saturated carbocycles. The number of nitrogens with zero attached hydrogens (tertiary/aromatic N) is 4. The van der Waals surface area contributed by atoms with Gasteiger partial charge in [-0.05, 0) is 24.3 Å². The second-order valence-electron chi connectivity index (χ2n) is 9.29. The zero-order valence-corrected chi connectivity index (χ0v) is 19.7. The molecule has 10 nitrogen and oxygen atoms in total. The quantitative estimate of drug-likeness (QED) is 0.439. The number of piperidine rings is 1. The highest BCUT2D eigenvalue weighted by atomic mass is 16.5. The third-order valence-electron chi connectivity index (χ3n) is 6.77. The predicted octanol–water partition coefficient (Wildman–Crippen LogP) is 1.45. The van der Waals surface area contributed by atoms with Crippen molar-refractivity contribution < 1.29 is 14.6 Å². The van der Waals surface area contributed by atoms with Crippen LogP contribution in [0.25, 0.3) is 10.9 Å². The number of carbonyl (C=O) groups excluding carboxylic acids is 1. The summed E-state index contributed by atoms with van der Waals surface area (Å²) in [4.78, 5) is 26.4. The van der Waals surface area contributed by atoms with Gasteiger partial charge in [-0.15, -0.1) is 0 Å². The molecular formula is C25H31N7O3. The summed E-state index contributed by atoms with van der Waals surface area (Å²) in [7, 11) is 0. The minimum Gasteiger partial charge on any atom is -0.397 e. The van der Waals surface area contributed by atoms with Crippen LogP contribution < -0.4 is 26.6 Å². The van der Waals surface area contributed by atoms with Crippen LogP contribution >= 0.6 is 0 Å². The number of hydrogen-bond acceptors (Lipinski definition) is 9. The number of pyridine rings is 2. The maximum absolute atomic E-state index is 13.3. The first-order chi connectivity index (χ1) is 16.9. The molecule has 2 aromatic heterocycles. The molecule has 2 aliphatic rings. The topological polar surface area (TPSA) is 143 Å². The number of aliphatic hydroxyl groups excluding tert-OH is 1. The van der Waals surface area contributed by atoms with Crippen molar-refractivity contribution >= 4 is 39.6 Å². The lowest BCUT2D eigenvalue weighted by molar-refractivity contribution is 0.0785. The van der Waals surface area contributed by atoms with Crippen molar-refractivity contribution in [1.29, 1.82) is 0 Å². The van der Waals surface area contributed by atoms with Gasteiger partial charge in [-0.25, -0.2) is 4.98 Å². The SMILES string of the molecule is C[C@H]1CN(c2ccncc2NC(=O)c2nc3cc(N4CCOCC4)ccc3cc2N)C[C@@H](N)[C@@H]1O. The monoisotopic (exact) mass is 477 g/mol. The third kappa shape index (κ3) is 4.72. The smallest absolute Gasteiger partial charge is 0.276 e. The van der Waals surface area contributed by atoms with E-state index in [4.69, 9.17) is 16.2 Å². The summed E-state index contributed by atoms with van der Waals surface area (Å²) in [6.45, 7) is 6.05. The number of benzene rings is 1. The molecule has 0 spiro atoms. The summed E-state index contributed by atoms with van der Waals surface area (Å²) >= 11 is 0. The number of morpholine rings is 1. The van der Waals surface area contributed by atoms with E-state index < -0.39 is 12.0 Å². The van der Waals surface area contributed by atoms with Crippen LogP contribution in [-0.4, -0.2) is 72.5 Å². The molecule has 1 aromatic carbocycles. The van der Waals surface area contributed by atoms with Crippen LogP contribution in [0, 0.1) is 5.92 Å². The summed E-state index contributed by atoms with van der Waals surface area (Å²) in [5.41, 5.74) is 15.9. The number of carbonyl (C=O) groups is 1. The Morgan fingerprint density at radius 2 is 1.97 bits per heavy atom. The third-order valence-corrected chi connectivity index (χ3v) is 6.77. The van der Waals surface area contributed by atoms with Gasteiger partial charge in [0.05, 0.1) is 48.1 Å². The Morgan fingerprint density at radius 1 is 1.17 bits per heavy atom. The summed E-state index contributed by atoms with van der Waals surface area (Å²) in [6, 6.07) is 9.22. The maximum Gasteiger partial charge on any atom is 0.276 e. The Labute approximate surface area is 203 Å². The van der Waals surface area contributed by atoms with Gasteiger partial charge in [-0.2, -0.15) is 0 Å². The van der Waals surface area contributed by atoms with Crippen molar-refractivity contribution in [2.75, 3.05) is 60.2 Å². The predicted molar refractivity (Wildman–Crippen MR) is 137 cm³/mol. The van der Waals surface area contributed by atoms with Gasteiger partial charge >= 0.3 is 0 Å². The normalized spacial score (nSPS) is 22.9. The van der Waals surface area contributed by atoms with E-state index in [1.807, 2.05) is 31.2 Å². The van der Waals surface area contributed by atoms with Crippen molar-refractivity contribution in [1.82, 2.24) is 9.97 Å². The Hall–Kier alpha value is -3.47. The molecule has 184 valence electrons. The second kappa shape index (κ2) is 9.65. The average molecular weight is 478 g/mol. The lowest BCUT2D eigenvalue weighted by Gasteiger charge is -2.40. The van der Waals surface area contributed by atoms with Crippen LogP contribution in [0.2, 0.25) is 0 Å². The molecule has 0 radical (unpaired) electrons. The van der Waals surface area contributed by atoms with E-state index >= 15 is 0 Å². The van der Waals surface area contributed by atoms with Gasteiger partial charge < -0.3 is 36.4 Å². The number of amides is 1. The van der Waals surface area contributed by atoms with Gasteiger partial charge in [-0.1, -0.05) is 13.0 Å². The van der Waals surface area contributed by atoms with Crippen LogP contribution in [0.5, 0.6) is 0 Å². The molecule has 35 heavy (non-hydrogen) atoms. The van der Waals surface area contributed by atoms with Gasteiger partial charge in [0, 0.05) is 55.4 Å². The first kappa shape index (κ1) is 23.3. The summed E-state index contributed by atoms with van der Waals surface area (Å²) in [5.74, 6) is -0.418. The first-order valence-electron chi connectivity index (χ1n) is 11.9. The molecule has 10 heteroatoms. The molecule has 2 fully saturated rings. The van der Waals surface area contributed by atoms with Crippen molar-refractivity contribution in [2.24, 2.45) is 11.7 Å². The van der Waals surface area contributed by atoms with Gasteiger partial charge in [0.2, 0.25) is 0 Å². The van der Waals surface area contributed by atoms with Crippen LogP contribution in [0.4, 0.5) is 22.7 Å². The van der Waals surface area contributed by atoms with E-state index in [1.54, 1.807) is 18.5 Å². The Balaban J connectivity index is 1.41. The number of fused-ring (bicyclic) bond motifs is 1. The Bertz CT molecular complexity index is 1220. The molecule has 6 N–H and O–H groups in total. The summed E-state index contributed by atoms with van der Waals surface area (Å²) < 4.78 is 5.45. The van der Waals surface area contributed by atoms with E-state index in [0.29, 0.717) is 43.2 Å². The second-order valence-corrected chi connectivity index (χ2v) is 9.29. The fraction of sp³-hybridized carbons (Fsp3) is 0.400. The molecule has 4 heterocycles. The standard InChI is InChI=1S/C25H31N7O3/c1-15-13-32(14-19(27)24(15)33)22-4-5-28-12-21(22)30-25(34)23-18(26)10-16-2-3-17(11-20(16)29-23)31-6-8-35-9-7-31/h2-5,10-12,15,19,24,33H,6-9,13-14,26-27H2,1H3,(H,30,34)/t15-,19+,24+/m0/s1. The lowest BCUT2D eigenvalue weighted by atomic mass is 9.92. The first-order valence-corrected chi connectivity index (χ1v) is 11.9. The van der Waals surface area contributed by atoms with Crippen LogP contribution in [0.1, 0.15) is 17.4 Å². The highest BCUT2D eigenvalue weighted by Crippen LogP contribution is 2.30. The minimum atomic E-state index is -0.560. The van der Waals surface area contributed by atoms with Gasteiger partial charge in [-0.3, -0.25) is 9.78 Å². The van der Waals surface area contributed by atoms with Crippen LogP contribution in [-0.2, 0) is 4.74 Å². The molecule has 1 amide bonds. The Morgan fingerprint density at radius 3 is 2.74 bits per heavy atom. The number of ether oxygens (including phenoxy) is 1. The van der Waals surface area contributed by atoms with Crippen LogP contribution in [0.3, 0.4) is 0 Å². The molecule has 2 saturated heterocycles. The molecule has 5 rings (SSSR count). The number of anilines is 4. The fourth-order valence-electron chi connectivity index (χ4n) is 4.82. The van der Waals surface area contributed by atoms with E-state index in [2.05, 4.69) is 25.1 Å². The van der Waals surface area contributed by atoms with Gasteiger partial charge in [0.25, 0.3) is 5.91 Å². The van der Waals surface area contributed by atoms with Crippen molar-refractivity contribution in [2.45, 2.75) is 19.1 Å². The molecule has 3 aromatic rings. The molecule has 0 bridgehead atoms. The molecule has 0 aliphatic carbocycles. The number of nitrogens with one attached hydrogen (secondary N) is 1. The van der Waals surface area contributed by atoms with Crippen molar-refractivity contribution in [3.8, 4) is 0 Å². The Kier molecular flexibility index (Phi) is 6.42. The lowest BCUT2D eigenvalue weighted by Crippen LogP contribution is -2.55. The molecular weight excluding hydrogens is 446 g/mol. The largest absolute Gasteiger partial charge is 0.397 e. The number of rotatable bonds is 4. The maximum atomic E-state index is 13.3. The summed E-state index contributed by atoms with van der Waals surface area (Å²) in [5, 5.41) is 14.0. The van der Waals surface area contributed by atoms with Crippen molar-refractivity contribution in [3.63, 3.8) is 0 Å². The number of hydrogen-bond donors (Lipinski definition) is 4. The zero-order chi connectivity index (χ0) is 24.5. The van der Waals surface area contributed by atoms with Crippen LogP contribution in [0.15, 0.2) is 42.7 Å². The molecule has 2 aliphatic heterocycles. The minimum absolute atomic E-state index is 0.00562. The van der Waals surface area contributed by atoms with E-state index in [1.165, 1.54) is 0 Å². The van der Waals surface area contributed by atoms with E-state index in [-0.39, 0.29) is 17.7 Å².